The number of fused-ring (bicyclic) bond motifs is 3. The summed E-state index contributed by atoms with van der Waals surface area (Å²) in [4.78, 5) is 54.6. The van der Waals surface area contributed by atoms with Crippen LogP contribution < -0.4 is 0 Å². The van der Waals surface area contributed by atoms with Crippen molar-refractivity contribution in [3.63, 3.8) is 0 Å². The number of carbonyl (C=O) groups is 4. The Hall–Kier alpha value is -3.66. The lowest BCUT2D eigenvalue weighted by molar-refractivity contribution is 0.0663. The van der Waals surface area contributed by atoms with Crippen LogP contribution in [0.1, 0.15) is 52.9 Å². The first-order valence-corrected chi connectivity index (χ1v) is 9.50. The number of hydrogen-bond donors (Lipinski definition) is 0. The van der Waals surface area contributed by atoms with Crippen LogP contribution in [0.4, 0.5) is 0 Å². The van der Waals surface area contributed by atoms with Crippen LogP contribution in [0.25, 0.3) is 0 Å². The number of Topliss-reactive ketones (excluding diaryl/α,β-unsaturated/α-hetero) is 4. The molecular formula is C25H14O4. The number of benzene rings is 3. The summed E-state index contributed by atoms with van der Waals surface area (Å²) >= 11 is 0. The number of carbonyl (C=O) groups excluding carboxylic acids is 4. The molecule has 4 heteroatoms. The molecule has 0 radical (unpaired) electrons. The zero-order valence-corrected chi connectivity index (χ0v) is 15.2. The third-order valence-electron chi connectivity index (χ3n) is 6.80. The molecule has 3 aliphatic rings. The smallest absolute Gasteiger partial charge is 0.179 e. The monoisotopic (exact) mass is 378 g/mol. The van der Waals surface area contributed by atoms with Crippen molar-refractivity contribution in [1.82, 2.24) is 0 Å². The second-order valence-corrected chi connectivity index (χ2v) is 7.87. The molecule has 1 fully saturated rings. The first-order valence-electron chi connectivity index (χ1n) is 9.50. The van der Waals surface area contributed by atoms with Crippen LogP contribution >= 0.6 is 0 Å². The summed E-state index contributed by atoms with van der Waals surface area (Å²) < 4.78 is 0. The van der Waals surface area contributed by atoms with Gasteiger partial charge in [-0.2, -0.15) is 0 Å². The minimum absolute atomic E-state index is 0.298. The molecule has 3 aromatic rings. The van der Waals surface area contributed by atoms with Crippen LogP contribution in [0.2, 0.25) is 0 Å². The van der Waals surface area contributed by atoms with Gasteiger partial charge >= 0.3 is 0 Å². The van der Waals surface area contributed by atoms with Crippen molar-refractivity contribution in [3.8, 4) is 0 Å². The van der Waals surface area contributed by atoms with Gasteiger partial charge in [-0.25, -0.2) is 0 Å². The molecule has 0 unspecified atom stereocenters. The summed E-state index contributed by atoms with van der Waals surface area (Å²) in [5.74, 6) is -2.46. The van der Waals surface area contributed by atoms with E-state index in [4.69, 9.17) is 0 Å². The van der Waals surface area contributed by atoms with E-state index >= 15 is 0 Å². The minimum Gasteiger partial charge on any atom is -0.293 e. The molecule has 0 atom stereocenters. The van der Waals surface area contributed by atoms with Crippen molar-refractivity contribution in [2.24, 2.45) is 10.8 Å². The van der Waals surface area contributed by atoms with Crippen LogP contribution in [-0.4, -0.2) is 23.1 Å². The Kier molecular flexibility index (Phi) is 2.83. The standard InChI is InChI=1S/C25H14O4/c26-20-15-10-4-5-11-16(15)21(27)24(20)19(14-8-2-1-3-9-14)25(24)22(28)17-12-6-7-13-18(17)23(25)29/h1-13,19H. The fraction of sp³-hybridized carbons (Fsp3) is 0.120. The van der Waals surface area contributed by atoms with Crippen LogP contribution in [0.5, 0.6) is 0 Å². The predicted molar refractivity (Wildman–Crippen MR) is 104 cm³/mol. The highest BCUT2D eigenvalue weighted by molar-refractivity contribution is 6.45. The lowest BCUT2D eigenvalue weighted by atomic mass is 9.84. The van der Waals surface area contributed by atoms with Gasteiger partial charge in [0, 0.05) is 28.2 Å². The fourth-order valence-corrected chi connectivity index (χ4v) is 5.68. The van der Waals surface area contributed by atoms with E-state index in [1.807, 2.05) is 6.07 Å². The van der Waals surface area contributed by atoms with E-state index in [1.165, 1.54) is 0 Å². The molecule has 3 aliphatic carbocycles. The molecule has 1 saturated carbocycles. The maximum Gasteiger partial charge on any atom is 0.179 e. The highest BCUT2D eigenvalue weighted by Crippen LogP contribution is 2.81. The van der Waals surface area contributed by atoms with Crippen molar-refractivity contribution in [3.05, 3.63) is 107 Å². The topological polar surface area (TPSA) is 68.3 Å². The Morgan fingerprint density at radius 2 is 0.759 bits per heavy atom. The van der Waals surface area contributed by atoms with Gasteiger partial charge < -0.3 is 0 Å². The molecule has 2 spiro atoms. The van der Waals surface area contributed by atoms with Crippen molar-refractivity contribution in [1.29, 1.82) is 0 Å². The highest BCUT2D eigenvalue weighted by Gasteiger charge is 2.93. The number of rotatable bonds is 1. The summed E-state index contributed by atoms with van der Waals surface area (Å²) in [5.41, 5.74) is -1.52. The van der Waals surface area contributed by atoms with Gasteiger partial charge in [-0.15, -0.1) is 0 Å². The molecule has 0 N–H and O–H groups in total. The third-order valence-corrected chi connectivity index (χ3v) is 6.80. The van der Waals surface area contributed by atoms with E-state index in [1.54, 1.807) is 72.8 Å². The maximum absolute atomic E-state index is 13.7. The van der Waals surface area contributed by atoms with Gasteiger partial charge in [0.15, 0.2) is 23.1 Å². The average molecular weight is 378 g/mol. The predicted octanol–water partition coefficient (Wildman–Crippen LogP) is 3.92. The van der Waals surface area contributed by atoms with E-state index in [2.05, 4.69) is 0 Å². The SMILES string of the molecule is O=C1c2ccccc2C(=O)C12C(c1ccccc1)C21C(=O)c2ccccc2C1=O. The Labute approximate surface area is 166 Å². The van der Waals surface area contributed by atoms with Gasteiger partial charge in [0.1, 0.15) is 10.8 Å². The van der Waals surface area contributed by atoms with Gasteiger partial charge in [0.05, 0.1) is 0 Å². The van der Waals surface area contributed by atoms with E-state index in [0.717, 1.165) is 0 Å². The van der Waals surface area contributed by atoms with E-state index in [0.29, 0.717) is 27.8 Å². The van der Waals surface area contributed by atoms with Gasteiger partial charge in [-0.1, -0.05) is 78.9 Å². The number of ketones is 4. The minimum atomic E-state index is -1.69. The van der Waals surface area contributed by atoms with Crippen LogP contribution in [0.15, 0.2) is 78.9 Å². The second kappa shape index (κ2) is 5.03. The summed E-state index contributed by atoms with van der Waals surface area (Å²) in [6, 6.07) is 22.2. The normalized spacial score (nSPS) is 20.4. The Balaban J connectivity index is 1.68. The molecule has 0 saturated heterocycles. The maximum atomic E-state index is 13.7. The first-order chi connectivity index (χ1) is 14.1. The summed E-state index contributed by atoms with van der Waals surface area (Å²) in [6.45, 7) is 0. The first kappa shape index (κ1) is 16.3. The Morgan fingerprint density at radius 3 is 1.10 bits per heavy atom. The summed E-state index contributed by atoms with van der Waals surface area (Å²) in [5, 5.41) is 0. The Morgan fingerprint density at radius 1 is 0.448 bits per heavy atom. The quantitative estimate of drug-likeness (QED) is 0.602. The van der Waals surface area contributed by atoms with Gasteiger partial charge in [-0.05, 0) is 5.56 Å². The molecular weight excluding hydrogens is 364 g/mol. The molecule has 29 heavy (non-hydrogen) atoms. The molecule has 4 nitrogen and oxygen atoms in total. The molecule has 0 heterocycles. The van der Waals surface area contributed by atoms with Crippen LogP contribution in [-0.2, 0) is 0 Å². The zero-order chi connectivity index (χ0) is 20.0. The second-order valence-electron chi connectivity index (χ2n) is 7.87. The molecule has 0 bridgehead atoms. The largest absolute Gasteiger partial charge is 0.293 e. The lowest BCUT2D eigenvalue weighted by Crippen LogP contribution is -2.32. The molecule has 0 aliphatic heterocycles. The van der Waals surface area contributed by atoms with E-state index < -0.39 is 39.9 Å². The van der Waals surface area contributed by atoms with Crippen molar-refractivity contribution < 1.29 is 19.2 Å². The summed E-state index contributed by atoms with van der Waals surface area (Å²) in [6.07, 6.45) is 0. The molecule has 0 amide bonds. The summed E-state index contributed by atoms with van der Waals surface area (Å²) in [7, 11) is 0. The third kappa shape index (κ3) is 1.52. The van der Waals surface area contributed by atoms with Crippen molar-refractivity contribution in [2.45, 2.75) is 5.92 Å². The molecule has 138 valence electrons. The fourth-order valence-electron chi connectivity index (χ4n) is 5.68. The van der Waals surface area contributed by atoms with Crippen LogP contribution in [0, 0.1) is 10.8 Å². The average Bonchev–Trinajstić information content (AvgIpc) is 3.29. The molecule has 3 aromatic carbocycles. The molecule has 0 aromatic heterocycles. The van der Waals surface area contributed by atoms with Gasteiger partial charge in [-0.3, -0.25) is 19.2 Å². The van der Waals surface area contributed by atoms with Crippen LogP contribution in [0.3, 0.4) is 0 Å². The van der Waals surface area contributed by atoms with Crippen molar-refractivity contribution >= 4 is 23.1 Å². The van der Waals surface area contributed by atoms with E-state index in [-0.39, 0.29) is 0 Å². The highest BCUT2D eigenvalue weighted by atomic mass is 16.2. The Bertz CT molecular complexity index is 1130. The zero-order valence-electron chi connectivity index (χ0n) is 15.2. The lowest BCUT2D eigenvalue weighted by Gasteiger charge is -2.11. The van der Waals surface area contributed by atoms with Gasteiger partial charge in [0.2, 0.25) is 0 Å². The molecule has 6 rings (SSSR count). The van der Waals surface area contributed by atoms with Gasteiger partial charge in [0.25, 0.3) is 0 Å². The number of hydrogen-bond acceptors (Lipinski definition) is 4. The van der Waals surface area contributed by atoms with Crippen molar-refractivity contribution in [2.75, 3.05) is 0 Å². The van der Waals surface area contributed by atoms with E-state index in [9.17, 15) is 19.2 Å².